The number of halogens is 1. The Hall–Kier alpha value is -1.96. The number of nitrogens with one attached hydrogen (secondary N) is 1. The van der Waals surface area contributed by atoms with Crippen LogP contribution in [0.3, 0.4) is 0 Å². The summed E-state index contributed by atoms with van der Waals surface area (Å²) in [7, 11) is 1.30. The molecular formula is C8H8FN3O3S. The Bertz CT molecular complexity index is 452. The zero-order chi connectivity index (χ0) is 12.3. The van der Waals surface area contributed by atoms with Gasteiger partial charge in [0.05, 0.1) is 17.7 Å². The lowest BCUT2D eigenvalue weighted by molar-refractivity contribution is -0.387. The van der Waals surface area contributed by atoms with Crippen molar-refractivity contribution in [3.63, 3.8) is 0 Å². The van der Waals surface area contributed by atoms with Crippen molar-refractivity contribution in [1.29, 1.82) is 0 Å². The van der Waals surface area contributed by atoms with Gasteiger partial charge in [0.15, 0.2) is 5.11 Å². The van der Waals surface area contributed by atoms with Crippen molar-refractivity contribution in [3.05, 3.63) is 28.1 Å². The predicted molar refractivity (Wildman–Crippen MR) is 60.0 cm³/mol. The molecule has 8 heteroatoms. The molecule has 0 saturated carbocycles. The van der Waals surface area contributed by atoms with Gasteiger partial charge < -0.3 is 15.8 Å². The van der Waals surface area contributed by atoms with E-state index in [1.54, 1.807) is 0 Å². The van der Waals surface area contributed by atoms with Crippen LogP contribution in [0.2, 0.25) is 0 Å². The van der Waals surface area contributed by atoms with Gasteiger partial charge in [-0.1, -0.05) is 0 Å². The number of hydrogen-bond donors (Lipinski definition) is 2. The van der Waals surface area contributed by atoms with E-state index in [-0.39, 0.29) is 16.5 Å². The van der Waals surface area contributed by atoms with Gasteiger partial charge in [0.1, 0.15) is 5.75 Å². The molecule has 0 unspecified atom stereocenters. The predicted octanol–water partition coefficient (Wildman–Crippen LogP) is 1.40. The van der Waals surface area contributed by atoms with Gasteiger partial charge in [-0.25, -0.2) is 0 Å². The van der Waals surface area contributed by atoms with E-state index < -0.39 is 16.4 Å². The third-order valence-corrected chi connectivity index (χ3v) is 1.83. The first kappa shape index (κ1) is 12.1. The summed E-state index contributed by atoms with van der Waals surface area (Å²) in [5.41, 5.74) is 4.67. The van der Waals surface area contributed by atoms with Crippen molar-refractivity contribution in [2.75, 3.05) is 12.4 Å². The van der Waals surface area contributed by atoms with Crippen LogP contribution in [0.4, 0.5) is 15.8 Å². The van der Waals surface area contributed by atoms with Crippen LogP contribution < -0.4 is 15.8 Å². The van der Waals surface area contributed by atoms with Crippen molar-refractivity contribution in [3.8, 4) is 5.75 Å². The number of nitro benzene ring substituents is 1. The Labute approximate surface area is 95.3 Å². The highest BCUT2D eigenvalue weighted by atomic mass is 32.1. The van der Waals surface area contributed by atoms with E-state index in [0.717, 1.165) is 12.1 Å². The number of nitrogens with two attached hydrogens (primary N) is 1. The van der Waals surface area contributed by atoms with Crippen LogP contribution in [0.1, 0.15) is 0 Å². The summed E-state index contributed by atoms with van der Waals surface area (Å²) >= 11 is 4.57. The lowest BCUT2D eigenvalue weighted by Crippen LogP contribution is -2.19. The van der Waals surface area contributed by atoms with Crippen LogP contribution in [-0.2, 0) is 0 Å². The van der Waals surface area contributed by atoms with E-state index in [9.17, 15) is 14.5 Å². The van der Waals surface area contributed by atoms with Crippen LogP contribution in [0, 0.1) is 15.9 Å². The SMILES string of the molecule is COc1cc(F)c([N+](=O)[O-])cc1NC(N)=S. The summed E-state index contributed by atoms with van der Waals surface area (Å²) in [5, 5.41) is 12.9. The minimum Gasteiger partial charge on any atom is -0.494 e. The number of methoxy groups -OCH3 is 1. The van der Waals surface area contributed by atoms with Gasteiger partial charge in [-0.3, -0.25) is 10.1 Å². The molecule has 86 valence electrons. The largest absolute Gasteiger partial charge is 0.494 e. The smallest absolute Gasteiger partial charge is 0.307 e. The second-order valence-electron chi connectivity index (χ2n) is 2.75. The number of rotatable bonds is 3. The van der Waals surface area contributed by atoms with E-state index in [0.29, 0.717) is 0 Å². The monoisotopic (exact) mass is 245 g/mol. The zero-order valence-corrected chi connectivity index (χ0v) is 9.01. The minimum absolute atomic E-state index is 0.0795. The van der Waals surface area contributed by atoms with Crippen molar-refractivity contribution >= 4 is 28.7 Å². The van der Waals surface area contributed by atoms with Gasteiger partial charge in [-0.15, -0.1) is 0 Å². The summed E-state index contributed by atoms with van der Waals surface area (Å²) in [6.07, 6.45) is 0. The van der Waals surface area contributed by atoms with Crippen LogP contribution in [0.25, 0.3) is 0 Å². The van der Waals surface area contributed by atoms with Crippen molar-refractivity contribution in [1.82, 2.24) is 0 Å². The number of hydrogen-bond acceptors (Lipinski definition) is 4. The Morgan fingerprint density at radius 3 is 2.75 bits per heavy atom. The molecule has 0 spiro atoms. The van der Waals surface area contributed by atoms with Crippen LogP contribution in [0.15, 0.2) is 12.1 Å². The van der Waals surface area contributed by atoms with Crippen LogP contribution >= 0.6 is 12.2 Å². The highest BCUT2D eigenvalue weighted by Gasteiger charge is 2.18. The zero-order valence-electron chi connectivity index (χ0n) is 8.19. The second-order valence-corrected chi connectivity index (χ2v) is 3.19. The molecule has 0 aromatic heterocycles. The molecule has 16 heavy (non-hydrogen) atoms. The lowest BCUT2D eigenvalue weighted by Gasteiger charge is -2.09. The Morgan fingerprint density at radius 1 is 1.69 bits per heavy atom. The molecule has 6 nitrogen and oxygen atoms in total. The summed E-state index contributed by atoms with van der Waals surface area (Å²) in [4.78, 5) is 9.64. The maximum atomic E-state index is 13.2. The molecule has 0 aliphatic carbocycles. The molecule has 1 rings (SSSR count). The number of thiocarbonyl (C=S) groups is 1. The standard InChI is InChI=1S/C8H8FN3O3S/c1-15-7-2-4(9)6(12(13)14)3-5(7)11-8(10)16/h2-3H,1H3,(H3,10,11,16). The average Bonchev–Trinajstić information content (AvgIpc) is 2.18. The first-order valence-corrected chi connectivity index (χ1v) is 4.45. The van der Waals surface area contributed by atoms with Crippen molar-refractivity contribution < 1.29 is 14.1 Å². The molecule has 0 bridgehead atoms. The summed E-state index contributed by atoms with van der Waals surface area (Å²) in [6, 6.07) is 1.85. The van der Waals surface area contributed by atoms with Gasteiger partial charge in [0.2, 0.25) is 5.82 Å². The third-order valence-electron chi connectivity index (χ3n) is 1.72. The fraction of sp³-hybridized carbons (Fsp3) is 0.125. The van der Waals surface area contributed by atoms with E-state index >= 15 is 0 Å². The Morgan fingerprint density at radius 2 is 2.31 bits per heavy atom. The quantitative estimate of drug-likeness (QED) is 0.475. The van der Waals surface area contributed by atoms with Gasteiger partial charge in [-0.05, 0) is 12.2 Å². The number of ether oxygens (including phenoxy) is 1. The summed E-state index contributed by atoms with van der Waals surface area (Å²) in [5.74, 6) is -0.911. The summed E-state index contributed by atoms with van der Waals surface area (Å²) in [6.45, 7) is 0. The molecule has 1 aromatic rings. The van der Waals surface area contributed by atoms with Crippen molar-refractivity contribution in [2.24, 2.45) is 5.73 Å². The lowest BCUT2D eigenvalue weighted by atomic mass is 10.2. The van der Waals surface area contributed by atoms with Crippen LogP contribution in [-0.4, -0.2) is 17.1 Å². The first-order chi connectivity index (χ1) is 7.45. The fourth-order valence-electron chi connectivity index (χ4n) is 1.08. The summed E-state index contributed by atoms with van der Waals surface area (Å²) < 4.78 is 18.0. The van der Waals surface area contributed by atoms with Gasteiger partial charge in [0, 0.05) is 12.1 Å². The number of nitro groups is 1. The third kappa shape index (κ3) is 2.54. The maximum Gasteiger partial charge on any atom is 0.307 e. The van der Waals surface area contributed by atoms with E-state index in [4.69, 9.17) is 10.5 Å². The normalized spacial score (nSPS) is 9.62. The molecular weight excluding hydrogens is 237 g/mol. The number of nitrogens with zero attached hydrogens (tertiary/aromatic N) is 1. The Balaban J connectivity index is 3.28. The van der Waals surface area contributed by atoms with E-state index in [1.165, 1.54) is 7.11 Å². The molecule has 3 N–H and O–H groups in total. The Kier molecular flexibility index (Phi) is 3.56. The highest BCUT2D eigenvalue weighted by molar-refractivity contribution is 7.80. The van der Waals surface area contributed by atoms with Gasteiger partial charge >= 0.3 is 5.69 Å². The van der Waals surface area contributed by atoms with Gasteiger partial charge in [0.25, 0.3) is 0 Å². The number of anilines is 1. The number of benzene rings is 1. The molecule has 0 aliphatic heterocycles. The fourth-order valence-corrected chi connectivity index (χ4v) is 1.19. The highest BCUT2D eigenvalue weighted by Crippen LogP contribution is 2.31. The molecule has 0 amide bonds. The van der Waals surface area contributed by atoms with Crippen molar-refractivity contribution in [2.45, 2.75) is 0 Å². The molecule has 1 aromatic carbocycles. The van der Waals surface area contributed by atoms with Crippen LogP contribution in [0.5, 0.6) is 5.75 Å². The molecule has 0 aliphatic rings. The van der Waals surface area contributed by atoms with E-state index in [1.807, 2.05) is 0 Å². The molecule has 0 fully saturated rings. The molecule has 0 saturated heterocycles. The molecule has 0 radical (unpaired) electrons. The topological polar surface area (TPSA) is 90.4 Å². The average molecular weight is 245 g/mol. The molecule has 0 atom stereocenters. The second kappa shape index (κ2) is 4.71. The first-order valence-electron chi connectivity index (χ1n) is 4.04. The minimum atomic E-state index is -0.990. The maximum absolute atomic E-state index is 13.2. The van der Waals surface area contributed by atoms with E-state index in [2.05, 4.69) is 17.5 Å². The van der Waals surface area contributed by atoms with Gasteiger partial charge in [-0.2, -0.15) is 4.39 Å². The molecule has 0 heterocycles.